The molecule has 0 N–H and O–H groups in total. The fourth-order valence-corrected chi connectivity index (χ4v) is 3.54. The number of anilines is 2. The molecule has 11 heteroatoms. The summed E-state index contributed by atoms with van der Waals surface area (Å²) >= 11 is 0.580. The molecule has 4 nitrogen and oxygen atoms in total. The summed E-state index contributed by atoms with van der Waals surface area (Å²) in [7, 11) is 1.17. The molecule has 3 rings (SSSR count). The normalized spacial score (nSPS) is 11.6. The van der Waals surface area contributed by atoms with Gasteiger partial charge in [0, 0.05) is 18.0 Å². The number of benzene rings is 2. The minimum atomic E-state index is -5.00. The number of hydrogen-bond donors (Lipinski definition) is 0. The van der Waals surface area contributed by atoms with Crippen LogP contribution in [0.3, 0.4) is 0 Å². The molecule has 0 bridgehead atoms. The van der Waals surface area contributed by atoms with Crippen molar-refractivity contribution in [2.45, 2.75) is 16.1 Å². The molecule has 3 aromatic rings. The number of carbonyl (C=O) groups is 1. The second kappa shape index (κ2) is 7.82. The maximum atomic E-state index is 14.2. The molecule has 0 aliphatic rings. The minimum absolute atomic E-state index is 0.0316. The van der Waals surface area contributed by atoms with Gasteiger partial charge in [-0.15, -0.1) is 0 Å². The molecule has 0 spiro atoms. The van der Waals surface area contributed by atoms with E-state index in [4.69, 9.17) is 0 Å². The molecule has 1 amide bonds. The first kappa shape index (κ1) is 20.8. The van der Waals surface area contributed by atoms with Gasteiger partial charge in [-0.05, 0) is 24.3 Å². The van der Waals surface area contributed by atoms with Gasteiger partial charge < -0.3 is 0 Å². The van der Waals surface area contributed by atoms with Gasteiger partial charge in [-0.1, -0.05) is 23.9 Å². The highest BCUT2D eigenvalue weighted by molar-refractivity contribution is 7.99. The fourth-order valence-electron chi connectivity index (χ4n) is 2.56. The average molecular weight is 431 g/mol. The van der Waals surface area contributed by atoms with Gasteiger partial charge in [0.1, 0.15) is 28.2 Å². The number of amides is 1. The Bertz CT molecular complexity index is 1070. The third-order valence-electron chi connectivity index (χ3n) is 3.80. The third kappa shape index (κ3) is 4.09. The van der Waals surface area contributed by atoms with Crippen LogP contribution in [-0.2, 0) is 18.0 Å². The highest BCUT2D eigenvalue weighted by Crippen LogP contribution is 2.46. The molecule has 1 aromatic heterocycles. The zero-order valence-corrected chi connectivity index (χ0v) is 15.4. The van der Waals surface area contributed by atoms with E-state index < -0.39 is 40.7 Å². The van der Waals surface area contributed by atoms with Crippen molar-refractivity contribution < 1.29 is 31.1 Å². The van der Waals surface area contributed by atoms with Gasteiger partial charge in [0.15, 0.2) is 5.69 Å². The zero-order valence-electron chi connectivity index (χ0n) is 14.5. The number of nitrogens with zero attached hydrogens (tertiary/aromatic N) is 3. The lowest BCUT2D eigenvalue weighted by molar-refractivity contribution is -0.140. The van der Waals surface area contributed by atoms with Crippen molar-refractivity contribution in [2.24, 2.45) is 7.05 Å². The van der Waals surface area contributed by atoms with Gasteiger partial charge in [-0.25, -0.2) is 13.2 Å². The number of hydrogen-bond acceptors (Lipinski definition) is 3. The van der Waals surface area contributed by atoms with E-state index in [1.165, 1.54) is 25.2 Å². The second-order valence-electron chi connectivity index (χ2n) is 5.73. The first-order valence-electron chi connectivity index (χ1n) is 7.89. The van der Waals surface area contributed by atoms with Crippen LogP contribution in [0.15, 0.2) is 52.4 Å². The molecule has 0 saturated heterocycles. The van der Waals surface area contributed by atoms with E-state index in [0.29, 0.717) is 22.7 Å². The topological polar surface area (TPSA) is 38.1 Å². The standard InChI is InChI=1S/C18H11F6N3OS/c1-26-17(29-14-5-3-2-4-11(14)20)15(16(25-26)18(22,23)24)27(9-28)13-7-6-10(19)8-12(13)21/h2-9H,1H3. The predicted molar refractivity (Wildman–Crippen MR) is 93.3 cm³/mol. The van der Waals surface area contributed by atoms with Gasteiger partial charge in [-0.2, -0.15) is 18.3 Å². The van der Waals surface area contributed by atoms with Crippen molar-refractivity contribution in [2.75, 3.05) is 4.90 Å². The number of rotatable bonds is 5. The lowest BCUT2D eigenvalue weighted by atomic mass is 10.2. The molecule has 0 atom stereocenters. The van der Waals surface area contributed by atoms with E-state index >= 15 is 0 Å². The SMILES string of the molecule is Cn1nc(C(F)(F)F)c(N(C=O)c2ccc(F)cc2F)c1Sc1ccccc1F. The van der Waals surface area contributed by atoms with Crippen molar-refractivity contribution in [3.8, 4) is 0 Å². The van der Waals surface area contributed by atoms with Gasteiger partial charge in [0.2, 0.25) is 6.41 Å². The Morgan fingerprint density at radius 2 is 1.76 bits per heavy atom. The van der Waals surface area contributed by atoms with Crippen molar-refractivity contribution in [3.63, 3.8) is 0 Å². The maximum absolute atomic E-state index is 14.2. The van der Waals surface area contributed by atoms with E-state index in [-0.39, 0.29) is 16.3 Å². The lowest BCUT2D eigenvalue weighted by Gasteiger charge is -2.20. The number of carbonyl (C=O) groups excluding carboxylic acids is 1. The third-order valence-corrected chi connectivity index (χ3v) is 5.00. The maximum Gasteiger partial charge on any atom is 0.437 e. The molecule has 0 aliphatic carbocycles. The van der Waals surface area contributed by atoms with Gasteiger partial charge >= 0.3 is 6.18 Å². The number of halogens is 6. The van der Waals surface area contributed by atoms with Crippen LogP contribution >= 0.6 is 11.8 Å². The first-order valence-corrected chi connectivity index (χ1v) is 8.71. The second-order valence-corrected chi connectivity index (χ2v) is 6.76. The van der Waals surface area contributed by atoms with Crippen LogP contribution < -0.4 is 4.90 Å². The Morgan fingerprint density at radius 3 is 2.34 bits per heavy atom. The molecular formula is C18H11F6N3OS. The molecule has 0 unspecified atom stereocenters. The van der Waals surface area contributed by atoms with E-state index in [0.717, 1.165) is 22.9 Å². The van der Waals surface area contributed by atoms with Crippen LogP contribution in [0, 0.1) is 17.5 Å². The van der Waals surface area contributed by atoms with Gasteiger partial charge in [0.25, 0.3) is 0 Å². The first-order chi connectivity index (χ1) is 13.6. The monoisotopic (exact) mass is 431 g/mol. The molecular weight excluding hydrogens is 420 g/mol. The van der Waals surface area contributed by atoms with Crippen molar-refractivity contribution in [1.82, 2.24) is 9.78 Å². The molecule has 0 aliphatic heterocycles. The lowest BCUT2D eigenvalue weighted by Crippen LogP contribution is -2.20. The summed E-state index contributed by atoms with van der Waals surface area (Å²) in [6.07, 6.45) is -5.05. The summed E-state index contributed by atoms with van der Waals surface area (Å²) in [6, 6.07) is 7.36. The number of aryl methyl sites for hydroxylation is 1. The van der Waals surface area contributed by atoms with Crippen LogP contribution in [0.1, 0.15) is 5.69 Å². The molecule has 152 valence electrons. The summed E-state index contributed by atoms with van der Waals surface area (Å²) < 4.78 is 83.0. The van der Waals surface area contributed by atoms with E-state index in [2.05, 4.69) is 5.10 Å². The largest absolute Gasteiger partial charge is 0.437 e. The molecule has 1 heterocycles. The fraction of sp³-hybridized carbons (Fsp3) is 0.111. The summed E-state index contributed by atoms with van der Waals surface area (Å²) in [5, 5.41) is 3.14. The van der Waals surface area contributed by atoms with Crippen LogP contribution in [0.5, 0.6) is 0 Å². The number of aromatic nitrogens is 2. The van der Waals surface area contributed by atoms with Crippen molar-refractivity contribution >= 4 is 29.5 Å². The zero-order chi connectivity index (χ0) is 21.3. The van der Waals surface area contributed by atoms with E-state index in [1.807, 2.05) is 0 Å². The summed E-state index contributed by atoms with van der Waals surface area (Å²) in [5.41, 5.74) is -2.89. The van der Waals surface area contributed by atoms with Crippen LogP contribution in [0.25, 0.3) is 0 Å². The van der Waals surface area contributed by atoms with Crippen LogP contribution in [0.4, 0.5) is 37.7 Å². The molecule has 0 fully saturated rings. The summed E-state index contributed by atoms with van der Waals surface area (Å²) in [5.74, 6) is -2.93. The minimum Gasteiger partial charge on any atom is -0.278 e. The van der Waals surface area contributed by atoms with E-state index in [1.54, 1.807) is 0 Å². The Balaban J connectivity index is 2.24. The van der Waals surface area contributed by atoms with Gasteiger partial charge in [-0.3, -0.25) is 14.4 Å². The number of alkyl halides is 3. The Hall–Kier alpha value is -2.95. The quantitative estimate of drug-likeness (QED) is 0.406. The van der Waals surface area contributed by atoms with Gasteiger partial charge in [0.05, 0.1) is 5.69 Å². The molecule has 29 heavy (non-hydrogen) atoms. The van der Waals surface area contributed by atoms with Crippen LogP contribution in [0.2, 0.25) is 0 Å². The predicted octanol–water partition coefficient (Wildman–Crippen LogP) is 5.30. The highest BCUT2D eigenvalue weighted by atomic mass is 32.2. The van der Waals surface area contributed by atoms with Crippen LogP contribution in [-0.4, -0.2) is 16.2 Å². The molecule has 0 radical (unpaired) electrons. The smallest absolute Gasteiger partial charge is 0.278 e. The Kier molecular flexibility index (Phi) is 5.60. The van der Waals surface area contributed by atoms with Crippen molar-refractivity contribution in [3.05, 3.63) is 65.6 Å². The molecule has 0 saturated carbocycles. The Morgan fingerprint density at radius 1 is 1.07 bits per heavy atom. The molecule has 2 aromatic carbocycles. The highest BCUT2D eigenvalue weighted by Gasteiger charge is 2.42. The summed E-state index contributed by atoms with van der Waals surface area (Å²) in [6.45, 7) is 0. The van der Waals surface area contributed by atoms with E-state index in [9.17, 15) is 31.1 Å². The van der Waals surface area contributed by atoms with Crippen molar-refractivity contribution in [1.29, 1.82) is 0 Å². The average Bonchev–Trinajstić information content (AvgIpc) is 2.96. The summed E-state index contributed by atoms with van der Waals surface area (Å²) in [4.78, 5) is 12.0. The Labute approximate surface area is 164 Å².